The van der Waals surface area contributed by atoms with E-state index in [1.807, 2.05) is 20.8 Å². The maximum Gasteiger partial charge on any atom is 0.422 e. The molecule has 0 heterocycles. The van der Waals surface area contributed by atoms with Gasteiger partial charge in [0.1, 0.15) is 5.60 Å². The van der Waals surface area contributed by atoms with Gasteiger partial charge in [-0.05, 0) is 37.5 Å². The van der Waals surface area contributed by atoms with Crippen LogP contribution in [-0.4, -0.2) is 30.3 Å². The number of carbonyl (C=O) groups excluding carboxylic acids is 2. The quantitative estimate of drug-likeness (QED) is 0.442. The smallest absolute Gasteiger partial charge is 0.422 e. The van der Waals surface area contributed by atoms with E-state index in [4.69, 9.17) is 4.74 Å². The van der Waals surface area contributed by atoms with E-state index in [0.29, 0.717) is 6.42 Å². The second-order valence-electron chi connectivity index (χ2n) is 9.85. The van der Waals surface area contributed by atoms with E-state index >= 15 is 0 Å². The third-order valence-electron chi connectivity index (χ3n) is 5.32. The third kappa shape index (κ3) is 8.82. The van der Waals surface area contributed by atoms with Gasteiger partial charge in [0.2, 0.25) is 0 Å². The Kier molecular flexibility index (Phi) is 9.06. The average Bonchev–Trinajstić information content (AvgIpc) is 2.48. The topological polar surface area (TPSA) is 52.6 Å². The van der Waals surface area contributed by atoms with Crippen LogP contribution in [0.15, 0.2) is 0 Å². The summed E-state index contributed by atoms with van der Waals surface area (Å²) in [4.78, 5) is 25.2. The fourth-order valence-corrected chi connectivity index (χ4v) is 3.04. The monoisotopic (exact) mass is 410 g/mol. The summed E-state index contributed by atoms with van der Waals surface area (Å²) in [7, 11) is 0. The van der Waals surface area contributed by atoms with Gasteiger partial charge in [0.05, 0.1) is 11.8 Å². The molecule has 28 heavy (non-hydrogen) atoms. The van der Waals surface area contributed by atoms with E-state index in [1.54, 1.807) is 20.8 Å². The maximum atomic E-state index is 13.0. The highest BCUT2D eigenvalue weighted by Gasteiger charge is 2.44. The highest BCUT2D eigenvalue weighted by atomic mass is 19.4. The van der Waals surface area contributed by atoms with Crippen LogP contribution >= 0.6 is 0 Å². The van der Waals surface area contributed by atoms with Gasteiger partial charge < -0.3 is 9.47 Å². The molecule has 0 fully saturated rings. The number of halogens is 3. The molecule has 166 valence electrons. The van der Waals surface area contributed by atoms with Crippen molar-refractivity contribution in [3.8, 4) is 0 Å². The Labute approximate surface area is 167 Å². The summed E-state index contributed by atoms with van der Waals surface area (Å²) in [6.07, 6.45) is -2.91. The van der Waals surface area contributed by atoms with Crippen molar-refractivity contribution in [1.29, 1.82) is 0 Å². The van der Waals surface area contributed by atoms with Crippen LogP contribution in [0, 0.1) is 22.7 Å². The minimum Gasteiger partial charge on any atom is -0.459 e. The molecule has 4 nitrogen and oxygen atoms in total. The van der Waals surface area contributed by atoms with Crippen molar-refractivity contribution >= 4 is 11.9 Å². The SMILES string of the molecule is CCC(C(=O)OCC(F)(F)F)C(C)(C)OC(=O)C(CC(C)(C)CC)C(C)(C)C. The number of hydrogen-bond donors (Lipinski definition) is 0. The normalized spacial score (nSPS) is 15.7. The van der Waals surface area contributed by atoms with Crippen LogP contribution in [0.2, 0.25) is 0 Å². The molecular weight excluding hydrogens is 373 g/mol. The molecule has 0 aliphatic heterocycles. The summed E-state index contributed by atoms with van der Waals surface area (Å²) in [6, 6.07) is 0. The minimum absolute atomic E-state index is 0.0725. The van der Waals surface area contributed by atoms with Gasteiger partial charge >= 0.3 is 18.1 Å². The molecule has 0 radical (unpaired) electrons. The fraction of sp³-hybridized carbons (Fsp3) is 0.905. The third-order valence-corrected chi connectivity index (χ3v) is 5.32. The first-order valence-electron chi connectivity index (χ1n) is 9.82. The summed E-state index contributed by atoms with van der Waals surface area (Å²) in [5, 5.41) is 0. The van der Waals surface area contributed by atoms with Crippen molar-refractivity contribution in [1.82, 2.24) is 0 Å². The Morgan fingerprint density at radius 3 is 1.71 bits per heavy atom. The molecule has 0 aromatic carbocycles. The molecule has 2 atom stereocenters. The highest BCUT2D eigenvalue weighted by molar-refractivity contribution is 5.77. The van der Waals surface area contributed by atoms with E-state index in [0.717, 1.165) is 6.42 Å². The van der Waals surface area contributed by atoms with E-state index in [-0.39, 0.29) is 17.3 Å². The lowest BCUT2D eigenvalue weighted by Crippen LogP contribution is -2.45. The molecule has 0 N–H and O–H groups in total. The zero-order chi connectivity index (χ0) is 22.6. The van der Waals surface area contributed by atoms with Gasteiger partial charge in [-0.25, -0.2) is 0 Å². The second-order valence-corrected chi connectivity index (χ2v) is 9.85. The molecule has 0 rings (SSSR count). The first-order chi connectivity index (χ1) is 12.4. The van der Waals surface area contributed by atoms with Crippen molar-refractivity contribution in [2.45, 2.75) is 93.4 Å². The Balaban J connectivity index is 5.42. The van der Waals surface area contributed by atoms with Crippen LogP contribution in [0.1, 0.15) is 81.6 Å². The largest absolute Gasteiger partial charge is 0.459 e. The van der Waals surface area contributed by atoms with Crippen molar-refractivity contribution in [2.75, 3.05) is 6.61 Å². The van der Waals surface area contributed by atoms with Gasteiger partial charge in [-0.3, -0.25) is 9.59 Å². The minimum atomic E-state index is -4.60. The lowest BCUT2D eigenvalue weighted by molar-refractivity contribution is -0.198. The molecule has 7 heteroatoms. The number of ether oxygens (including phenoxy) is 2. The number of esters is 2. The van der Waals surface area contributed by atoms with Crippen LogP contribution < -0.4 is 0 Å². The molecular formula is C21H37F3O4. The lowest BCUT2D eigenvalue weighted by Gasteiger charge is -2.39. The first kappa shape index (κ1) is 26.7. The molecule has 0 aromatic rings. The van der Waals surface area contributed by atoms with Gasteiger partial charge in [0.15, 0.2) is 6.61 Å². The highest BCUT2D eigenvalue weighted by Crippen LogP contribution is 2.40. The van der Waals surface area contributed by atoms with Crippen LogP contribution in [0.4, 0.5) is 13.2 Å². The fourth-order valence-electron chi connectivity index (χ4n) is 3.04. The molecule has 0 saturated carbocycles. The molecule has 0 bridgehead atoms. The molecule has 0 aliphatic rings. The average molecular weight is 411 g/mol. The molecule has 0 spiro atoms. The van der Waals surface area contributed by atoms with E-state index in [1.165, 1.54) is 0 Å². The summed E-state index contributed by atoms with van der Waals surface area (Å²) in [5.74, 6) is -2.86. The predicted molar refractivity (Wildman–Crippen MR) is 103 cm³/mol. The van der Waals surface area contributed by atoms with E-state index < -0.39 is 42.2 Å². The number of alkyl halides is 3. The van der Waals surface area contributed by atoms with Crippen molar-refractivity contribution < 1.29 is 32.2 Å². The van der Waals surface area contributed by atoms with Crippen LogP contribution in [0.5, 0.6) is 0 Å². The van der Waals surface area contributed by atoms with Crippen LogP contribution in [-0.2, 0) is 19.1 Å². The van der Waals surface area contributed by atoms with E-state index in [2.05, 4.69) is 25.5 Å². The van der Waals surface area contributed by atoms with Gasteiger partial charge in [-0.15, -0.1) is 0 Å². The van der Waals surface area contributed by atoms with Gasteiger partial charge in [-0.1, -0.05) is 54.9 Å². The predicted octanol–water partition coefficient (Wildman–Crippen LogP) is 5.93. The summed E-state index contributed by atoms with van der Waals surface area (Å²) in [6.45, 7) is 15.1. The summed E-state index contributed by atoms with van der Waals surface area (Å²) >= 11 is 0. The van der Waals surface area contributed by atoms with Gasteiger partial charge in [0, 0.05) is 0 Å². The Morgan fingerprint density at radius 1 is 0.857 bits per heavy atom. The zero-order valence-electron chi connectivity index (χ0n) is 18.8. The first-order valence-corrected chi connectivity index (χ1v) is 9.82. The van der Waals surface area contributed by atoms with Crippen LogP contribution in [0.25, 0.3) is 0 Å². The maximum absolute atomic E-state index is 13.0. The molecule has 2 unspecified atom stereocenters. The van der Waals surface area contributed by atoms with Crippen molar-refractivity contribution in [2.24, 2.45) is 22.7 Å². The molecule has 0 aliphatic carbocycles. The molecule has 0 aromatic heterocycles. The zero-order valence-corrected chi connectivity index (χ0v) is 18.8. The Morgan fingerprint density at radius 2 is 1.36 bits per heavy atom. The number of carbonyl (C=O) groups is 2. The standard InChI is InChI=1S/C21H37F3O4/c1-10-14(16(25)27-13-21(22,23)24)20(8,9)28-17(26)15(18(3,4)5)12-19(6,7)11-2/h14-15H,10-13H2,1-9H3. The van der Waals surface area contributed by atoms with Gasteiger partial charge in [-0.2, -0.15) is 13.2 Å². The van der Waals surface area contributed by atoms with E-state index in [9.17, 15) is 22.8 Å². The summed E-state index contributed by atoms with van der Waals surface area (Å²) in [5.41, 5.74) is -1.72. The molecule has 0 saturated heterocycles. The number of rotatable bonds is 9. The summed E-state index contributed by atoms with van der Waals surface area (Å²) < 4.78 is 47.2. The van der Waals surface area contributed by atoms with Crippen molar-refractivity contribution in [3.05, 3.63) is 0 Å². The number of hydrogen-bond acceptors (Lipinski definition) is 4. The van der Waals surface area contributed by atoms with Crippen LogP contribution in [0.3, 0.4) is 0 Å². The lowest BCUT2D eigenvalue weighted by atomic mass is 9.70. The Hall–Kier alpha value is -1.27. The molecule has 0 amide bonds. The second kappa shape index (κ2) is 9.49. The van der Waals surface area contributed by atoms with Crippen molar-refractivity contribution in [3.63, 3.8) is 0 Å². The van der Waals surface area contributed by atoms with Gasteiger partial charge in [0.25, 0.3) is 0 Å². The Bertz CT molecular complexity index is 531.